The van der Waals surface area contributed by atoms with Crippen molar-refractivity contribution in [1.29, 1.82) is 0 Å². The first-order valence-electron chi connectivity index (χ1n) is 9.87. The Morgan fingerprint density at radius 1 is 1.16 bits per heavy atom. The Morgan fingerprint density at radius 2 is 1.84 bits per heavy atom. The van der Waals surface area contributed by atoms with Gasteiger partial charge in [0.1, 0.15) is 4.88 Å². The average molecular weight is 364 g/mol. The van der Waals surface area contributed by atoms with Crippen LogP contribution in [0.1, 0.15) is 86.1 Å². The number of nitrogens with zero attached hydrogens (tertiary/aromatic N) is 2. The van der Waals surface area contributed by atoms with Gasteiger partial charge in [-0.25, -0.2) is 4.98 Å². The van der Waals surface area contributed by atoms with E-state index in [1.807, 2.05) is 6.92 Å². The Labute approximate surface area is 156 Å². The summed E-state index contributed by atoms with van der Waals surface area (Å²) in [5.74, 6) is 0.0678. The van der Waals surface area contributed by atoms with Gasteiger partial charge in [0, 0.05) is 30.6 Å². The van der Waals surface area contributed by atoms with E-state index >= 15 is 0 Å². The van der Waals surface area contributed by atoms with Crippen molar-refractivity contribution >= 4 is 17.2 Å². The van der Waals surface area contributed by atoms with E-state index in [1.54, 1.807) is 11.3 Å². The second-order valence-corrected chi connectivity index (χ2v) is 9.78. The number of rotatable bonds is 3. The molecule has 1 aliphatic carbocycles. The van der Waals surface area contributed by atoms with Crippen LogP contribution in [0.4, 0.5) is 0 Å². The molecule has 1 amide bonds. The van der Waals surface area contributed by atoms with Crippen molar-refractivity contribution in [3.05, 3.63) is 15.6 Å². The maximum atomic E-state index is 12.7. The number of nitrogens with one attached hydrogen (secondary N) is 1. The summed E-state index contributed by atoms with van der Waals surface area (Å²) in [4.78, 5) is 20.8. The van der Waals surface area contributed by atoms with Crippen LogP contribution in [-0.4, -0.2) is 41.0 Å². The second kappa shape index (κ2) is 7.75. The van der Waals surface area contributed by atoms with Gasteiger partial charge in [-0.1, -0.05) is 46.5 Å². The van der Waals surface area contributed by atoms with E-state index in [0.29, 0.717) is 0 Å². The monoisotopic (exact) mass is 363 g/mol. The number of carbonyl (C=O) groups is 1. The van der Waals surface area contributed by atoms with Gasteiger partial charge < -0.3 is 5.32 Å². The molecule has 25 heavy (non-hydrogen) atoms. The van der Waals surface area contributed by atoms with Crippen LogP contribution in [0.5, 0.6) is 0 Å². The molecule has 140 valence electrons. The maximum absolute atomic E-state index is 12.7. The molecule has 0 aromatic carbocycles. The standard InChI is InChI=1S/C20H33N3OS/c1-14-17(25-19(21-14)20(2,3)4)18(24)22-15-11-12-23(13-15)16-9-7-5-6-8-10-16/h15-16H,5-13H2,1-4H3,(H,22,24)/t15-/m0/s1. The summed E-state index contributed by atoms with van der Waals surface area (Å²) in [6, 6.07) is 1.03. The van der Waals surface area contributed by atoms with Gasteiger partial charge in [-0.3, -0.25) is 9.69 Å². The zero-order valence-electron chi connectivity index (χ0n) is 16.2. The molecule has 0 radical (unpaired) electrons. The molecular formula is C20H33N3OS. The molecule has 1 saturated carbocycles. The summed E-state index contributed by atoms with van der Waals surface area (Å²) >= 11 is 1.55. The predicted octanol–water partition coefficient (Wildman–Crippen LogP) is 4.28. The normalized spacial score (nSPS) is 23.6. The molecular weight excluding hydrogens is 330 g/mol. The van der Waals surface area contributed by atoms with E-state index in [2.05, 4.69) is 36.0 Å². The van der Waals surface area contributed by atoms with Gasteiger partial charge in [-0.15, -0.1) is 11.3 Å². The van der Waals surface area contributed by atoms with Crippen molar-refractivity contribution in [1.82, 2.24) is 15.2 Å². The number of aromatic nitrogens is 1. The number of aryl methyl sites for hydroxylation is 1. The topological polar surface area (TPSA) is 45.2 Å². The second-order valence-electron chi connectivity index (χ2n) is 8.78. The van der Waals surface area contributed by atoms with Crippen LogP contribution < -0.4 is 5.32 Å². The van der Waals surface area contributed by atoms with E-state index < -0.39 is 0 Å². The summed E-state index contributed by atoms with van der Waals surface area (Å²) in [7, 11) is 0. The highest BCUT2D eigenvalue weighted by Crippen LogP contribution is 2.30. The first-order valence-corrected chi connectivity index (χ1v) is 10.7. The quantitative estimate of drug-likeness (QED) is 0.816. The minimum Gasteiger partial charge on any atom is -0.347 e. The SMILES string of the molecule is Cc1nc(C(C)(C)C)sc1C(=O)N[C@H]1CCN(C2CCCCCC2)C1. The highest BCUT2D eigenvalue weighted by atomic mass is 32.1. The lowest BCUT2D eigenvalue weighted by Crippen LogP contribution is -2.39. The van der Waals surface area contributed by atoms with Crippen molar-refractivity contribution in [2.45, 2.75) is 90.1 Å². The third-order valence-corrected chi connectivity index (χ3v) is 7.12. The molecule has 1 aromatic rings. The number of hydrogen-bond acceptors (Lipinski definition) is 4. The molecule has 2 aliphatic rings. The first-order chi connectivity index (χ1) is 11.8. The van der Waals surface area contributed by atoms with Crippen LogP contribution in [0.15, 0.2) is 0 Å². The van der Waals surface area contributed by atoms with E-state index in [1.165, 1.54) is 38.5 Å². The molecule has 1 N–H and O–H groups in total. The van der Waals surface area contributed by atoms with Gasteiger partial charge in [0.05, 0.1) is 10.7 Å². The number of hydrogen-bond donors (Lipinski definition) is 1. The van der Waals surface area contributed by atoms with Gasteiger partial charge in [0.25, 0.3) is 5.91 Å². The summed E-state index contributed by atoms with van der Waals surface area (Å²) < 4.78 is 0. The highest BCUT2D eigenvalue weighted by Gasteiger charge is 2.30. The maximum Gasteiger partial charge on any atom is 0.263 e. The van der Waals surface area contributed by atoms with Gasteiger partial charge >= 0.3 is 0 Å². The van der Waals surface area contributed by atoms with Gasteiger partial charge in [-0.2, -0.15) is 0 Å². The summed E-state index contributed by atoms with van der Waals surface area (Å²) in [5.41, 5.74) is 0.864. The Morgan fingerprint density at radius 3 is 2.44 bits per heavy atom. The Bertz CT molecular complexity index is 597. The Kier molecular flexibility index (Phi) is 5.84. The lowest BCUT2D eigenvalue weighted by atomic mass is 9.98. The third kappa shape index (κ3) is 4.62. The van der Waals surface area contributed by atoms with E-state index in [0.717, 1.165) is 41.1 Å². The summed E-state index contributed by atoms with van der Waals surface area (Å²) in [5, 5.41) is 4.32. The van der Waals surface area contributed by atoms with Crippen LogP contribution >= 0.6 is 11.3 Å². The fourth-order valence-corrected chi connectivity index (χ4v) is 5.07. The molecule has 0 unspecified atom stereocenters. The van der Waals surface area contributed by atoms with Crippen molar-refractivity contribution in [3.63, 3.8) is 0 Å². The van der Waals surface area contributed by atoms with Gasteiger partial charge in [0.2, 0.25) is 0 Å². The average Bonchev–Trinajstić information content (AvgIpc) is 3.06. The fourth-order valence-electron chi connectivity index (χ4n) is 4.04. The highest BCUT2D eigenvalue weighted by molar-refractivity contribution is 7.14. The van der Waals surface area contributed by atoms with Crippen molar-refractivity contribution in [2.75, 3.05) is 13.1 Å². The zero-order valence-corrected chi connectivity index (χ0v) is 17.0. The molecule has 4 nitrogen and oxygen atoms in total. The van der Waals surface area contributed by atoms with Crippen LogP contribution in [0.25, 0.3) is 0 Å². The summed E-state index contributed by atoms with van der Waals surface area (Å²) in [6.45, 7) is 10.5. The van der Waals surface area contributed by atoms with Crippen LogP contribution in [0.2, 0.25) is 0 Å². The molecule has 2 fully saturated rings. The molecule has 0 bridgehead atoms. The third-order valence-electron chi connectivity index (χ3n) is 5.54. The number of likely N-dealkylation sites (tertiary alicyclic amines) is 1. The predicted molar refractivity (Wildman–Crippen MR) is 104 cm³/mol. The lowest BCUT2D eigenvalue weighted by Gasteiger charge is -2.26. The minimum atomic E-state index is -0.00238. The van der Waals surface area contributed by atoms with Crippen LogP contribution in [0, 0.1) is 6.92 Å². The zero-order chi connectivity index (χ0) is 18.0. The summed E-state index contributed by atoms with van der Waals surface area (Å²) in [6.07, 6.45) is 9.28. The largest absolute Gasteiger partial charge is 0.347 e. The van der Waals surface area contributed by atoms with Crippen molar-refractivity contribution in [2.24, 2.45) is 0 Å². The molecule has 1 aromatic heterocycles. The first kappa shape index (κ1) is 18.8. The lowest BCUT2D eigenvalue weighted by molar-refractivity contribution is 0.0939. The molecule has 1 atom stereocenters. The smallest absolute Gasteiger partial charge is 0.263 e. The van der Waals surface area contributed by atoms with Gasteiger partial charge in [0.15, 0.2) is 0 Å². The minimum absolute atomic E-state index is 0.00238. The molecule has 5 heteroatoms. The Balaban J connectivity index is 1.58. The van der Waals surface area contributed by atoms with E-state index in [9.17, 15) is 4.79 Å². The molecule has 1 aliphatic heterocycles. The number of thiazole rings is 1. The fraction of sp³-hybridized carbons (Fsp3) is 0.800. The molecule has 2 heterocycles. The number of amides is 1. The van der Waals surface area contributed by atoms with E-state index in [4.69, 9.17) is 0 Å². The van der Waals surface area contributed by atoms with Gasteiger partial charge in [-0.05, 0) is 26.2 Å². The Hall–Kier alpha value is -0.940. The molecule has 0 spiro atoms. The van der Waals surface area contributed by atoms with Crippen LogP contribution in [0.3, 0.4) is 0 Å². The van der Waals surface area contributed by atoms with E-state index in [-0.39, 0.29) is 17.4 Å². The number of carbonyl (C=O) groups excluding carboxylic acids is 1. The van der Waals surface area contributed by atoms with Crippen molar-refractivity contribution in [3.8, 4) is 0 Å². The molecule has 3 rings (SSSR count). The van der Waals surface area contributed by atoms with Crippen molar-refractivity contribution < 1.29 is 4.79 Å². The van der Waals surface area contributed by atoms with Crippen LogP contribution in [-0.2, 0) is 5.41 Å². The molecule has 1 saturated heterocycles.